The summed E-state index contributed by atoms with van der Waals surface area (Å²) in [5, 5.41) is 11.8. The smallest absolute Gasteiger partial charge is 0.264 e. The second kappa shape index (κ2) is 9.60. The predicted molar refractivity (Wildman–Crippen MR) is 147 cm³/mol. The van der Waals surface area contributed by atoms with E-state index >= 15 is 0 Å². The van der Waals surface area contributed by atoms with Crippen LogP contribution in [0, 0.1) is 6.92 Å². The lowest BCUT2D eigenvalue weighted by atomic mass is 9.85. The molecule has 0 fully saturated rings. The Balaban J connectivity index is 1.49. The highest BCUT2D eigenvalue weighted by Crippen LogP contribution is 2.45. The molecule has 1 heterocycles. The van der Waals surface area contributed by atoms with Crippen LogP contribution in [0.2, 0.25) is 0 Å². The van der Waals surface area contributed by atoms with Gasteiger partial charge in [0.25, 0.3) is 5.91 Å². The van der Waals surface area contributed by atoms with Gasteiger partial charge in [-0.2, -0.15) is 0 Å². The van der Waals surface area contributed by atoms with E-state index in [2.05, 4.69) is 48.0 Å². The fourth-order valence-corrected chi connectivity index (χ4v) is 5.84. The van der Waals surface area contributed by atoms with Gasteiger partial charge < -0.3 is 10.0 Å². The summed E-state index contributed by atoms with van der Waals surface area (Å²) in [5.74, 6) is -0.297. The van der Waals surface area contributed by atoms with E-state index in [4.69, 9.17) is 0 Å². The van der Waals surface area contributed by atoms with E-state index in [9.17, 15) is 14.7 Å². The van der Waals surface area contributed by atoms with Gasteiger partial charge in [-0.15, -0.1) is 0 Å². The number of aliphatic hydroxyl groups is 1. The number of hydrogen-bond acceptors (Lipinski definition) is 3. The number of carbonyl (C=O) groups excluding carboxylic acids is 2. The maximum absolute atomic E-state index is 13.8. The first-order valence-electron chi connectivity index (χ1n) is 12.8. The predicted octanol–water partition coefficient (Wildman–Crippen LogP) is 6.77. The van der Waals surface area contributed by atoms with E-state index < -0.39 is 11.5 Å². The molecule has 1 amide bonds. The first-order valence-corrected chi connectivity index (χ1v) is 13.6. The Kier molecular flexibility index (Phi) is 6.65. The summed E-state index contributed by atoms with van der Waals surface area (Å²) in [4.78, 5) is 28.9. The zero-order valence-corrected chi connectivity index (χ0v) is 22.7. The number of halogens is 1. The van der Waals surface area contributed by atoms with Gasteiger partial charge in [-0.3, -0.25) is 9.59 Å². The Labute approximate surface area is 221 Å². The van der Waals surface area contributed by atoms with Crippen molar-refractivity contribution < 1.29 is 14.7 Å². The van der Waals surface area contributed by atoms with Gasteiger partial charge in [0.15, 0.2) is 11.4 Å². The van der Waals surface area contributed by atoms with E-state index in [1.165, 1.54) is 23.1 Å². The molecule has 5 rings (SSSR count). The lowest BCUT2D eigenvalue weighted by Crippen LogP contribution is -2.41. The van der Waals surface area contributed by atoms with Crippen LogP contribution in [-0.4, -0.2) is 16.8 Å². The van der Waals surface area contributed by atoms with Crippen LogP contribution in [0.4, 0.5) is 5.69 Å². The highest BCUT2D eigenvalue weighted by Gasteiger charge is 2.51. The number of benzene rings is 3. The molecule has 2 aliphatic rings. The van der Waals surface area contributed by atoms with Crippen LogP contribution in [0.25, 0.3) is 0 Å². The van der Waals surface area contributed by atoms with Crippen molar-refractivity contribution >= 4 is 33.3 Å². The lowest BCUT2D eigenvalue weighted by Gasteiger charge is -2.24. The molecule has 0 saturated heterocycles. The molecular formula is C31H32BrNO3. The maximum Gasteiger partial charge on any atom is 0.264 e. The third-order valence-electron chi connectivity index (χ3n) is 7.75. The van der Waals surface area contributed by atoms with E-state index in [-0.39, 0.29) is 12.2 Å². The molecule has 0 bridgehead atoms. The molecule has 36 heavy (non-hydrogen) atoms. The normalized spacial score (nSPS) is 18.9. The van der Waals surface area contributed by atoms with Gasteiger partial charge in [0, 0.05) is 15.6 Å². The van der Waals surface area contributed by atoms with Gasteiger partial charge in [-0.05, 0) is 90.6 Å². The summed E-state index contributed by atoms with van der Waals surface area (Å²) in [5.41, 5.74) is 5.62. The summed E-state index contributed by atoms with van der Waals surface area (Å²) in [6.45, 7) is 6.67. The summed E-state index contributed by atoms with van der Waals surface area (Å²) in [6.07, 6.45) is 4.03. The number of amides is 1. The molecule has 1 aliphatic heterocycles. The molecule has 3 aromatic carbocycles. The van der Waals surface area contributed by atoms with Gasteiger partial charge >= 0.3 is 0 Å². The van der Waals surface area contributed by atoms with Crippen LogP contribution in [0.3, 0.4) is 0 Å². The van der Waals surface area contributed by atoms with Crippen LogP contribution in [0.5, 0.6) is 0 Å². The van der Waals surface area contributed by atoms with Crippen molar-refractivity contribution in [3.8, 4) is 0 Å². The number of aryl methyl sites for hydroxylation is 3. The first-order chi connectivity index (χ1) is 17.2. The number of nitrogens with zero attached hydrogens (tertiary/aromatic N) is 1. The van der Waals surface area contributed by atoms with Gasteiger partial charge in [0.2, 0.25) is 0 Å². The summed E-state index contributed by atoms with van der Waals surface area (Å²) >= 11 is 3.49. The molecule has 0 radical (unpaired) electrons. The van der Waals surface area contributed by atoms with E-state index in [1.54, 1.807) is 11.0 Å². The molecule has 1 aliphatic carbocycles. The maximum atomic E-state index is 13.8. The zero-order chi connectivity index (χ0) is 25.6. The molecule has 0 unspecified atom stereocenters. The topological polar surface area (TPSA) is 57.6 Å². The summed E-state index contributed by atoms with van der Waals surface area (Å²) < 4.78 is 0.758. The van der Waals surface area contributed by atoms with Crippen LogP contribution < -0.4 is 4.90 Å². The fraction of sp³-hybridized carbons (Fsp3) is 0.355. The summed E-state index contributed by atoms with van der Waals surface area (Å²) in [7, 11) is 0. The third-order valence-corrected chi connectivity index (χ3v) is 8.24. The number of hydrogen-bond donors (Lipinski definition) is 1. The number of carbonyl (C=O) groups is 2. The quantitative estimate of drug-likeness (QED) is 0.348. The Morgan fingerprint density at radius 1 is 1.03 bits per heavy atom. The number of fused-ring (bicyclic) bond motifs is 2. The van der Waals surface area contributed by atoms with Crippen molar-refractivity contribution in [1.82, 2.24) is 0 Å². The highest BCUT2D eigenvalue weighted by atomic mass is 79.9. The average Bonchev–Trinajstić information content (AvgIpc) is 3.06. The van der Waals surface area contributed by atoms with Gasteiger partial charge in [0.05, 0.1) is 18.7 Å². The minimum atomic E-state index is -1.91. The van der Waals surface area contributed by atoms with Crippen molar-refractivity contribution in [2.75, 3.05) is 4.90 Å². The van der Waals surface area contributed by atoms with Crippen molar-refractivity contribution in [3.63, 3.8) is 0 Å². The van der Waals surface area contributed by atoms with E-state index in [0.29, 0.717) is 29.3 Å². The standard InChI is InChI=1S/C31H32BrNO3/c1-19(2)22-9-8-20(3)25(14-22)18-33-28-13-12-26(32)16-27(28)31(36,30(33)35)17-29(34)24-11-10-21-6-4-5-7-23(21)15-24/h8-16,19,36H,4-7,17-18H2,1-3H3/t31-/m0/s1. The Hall–Kier alpha value is -2.76. The van der Waals surface area contributed by atoms with Crippen molar-refractivity contribution in [2.24, 2.45) is 0 Å². The van der Waals surface area contributed by atoms with Gasteiger partial charge in [0.1, 0.15) is 0 Å². The zero-order valence-electron chi connectivity index (χ0n) is 21.1. The van der Waals surface area contributed by atoms with Crippen molar-refractivity contribution in [1.29, 1.82) is 0 Å². The van der Waals surface area contributed by atoms with Crippen molar-refractivity contribution in [3.05, 3.63) is 98.0 Å². The average molecular weight is 547 g/mol. The second-order valence-corrected chi connectivity index (χ2v) is 11.5. The second-order valence-electron chi connectivity index (χ2n) is 10.5. The van der Waals surface area contributed by atoms with Crippen LogP contribution in [0.15, 0.2) is 59.1 Å². The van der Waals surface area contributed by atoms with Crippen LogP contribution in [-0.2, 0) is 29.8 Å². The number of Topliss-reactive ketones (excluding diaryl/α,β-unsaturated/α-hetero) is 1. The monoisotopic (exact) mass is 545 g/mol. The van der Waals surface area contributed by atoms with E-state index in [1.807, 2.05) is 37.3 Å². The number of anilines is 1. The molecule has 0 spiro atoms. The Morgan fingerprint density at radius 2 is 1.78 bits per heavy atom. The molecule has 1 atom stereocenters. The molecule has 4 nitrogen and oxygen atoms in total. The minimum Gasteiger partial charge on any atom is -0.375 e. The molecule has 0 aromatic heterocycles. The molecule has 3 aromatic rings. The minimum absolute atomic E-state index is 0.218. The SMILES string of the molecule is Cc1ccc(C(C)C)cc1CN1C(=O)[C@](O)(CC(=O)c2ccc3c(c2)CCCC3)c2cc(Br)ccc21. The lowest BCUT2D eigenvalue weighted by molar-refractivity contribution is -0.136. The van der Waals surface area contributed by atoms with Crippen LogP contribution >= 0.6 is 15.9 Å². The number of rotatable bonds is 6. The largest absolute Gasteiger partial charge is 0.375 e. The molecule has 1 N–H and O–H groups in total. The highest BCUT2D eigenvalue weighted by molar-refractivity contribution is 9.10. The first kappa shape index (κ1) is 24.9. The van der Waals surface area contributed by atoms with Crippen molar-refractivity contribution in [2.45, 2.75) is 70.9 Å². The van der Waals surface area contributed by atoms with Gasteiger partial charge in [-0.1, -0.05) is 60.1 Å². The number of ketones is 1. The molecule has 0 saturated carbocycles. The Bertz CT molecular complexity index is 1360. The van der Waals surface area contributed by atoms with Crippen LogP contribution in [0.1, 0.15) is 82.8 Å². The van der Waals surface area contributed by atoms with E-state index in [0.717, 1.165) is 34.9 Å². The summed E-state index contributed by atoms with van der Waals surface area (Å²) in [6, 6.07) is 17.7. The molecular weight excluding hydrogens is 514 g/mol. The third kappa shape index (κ3) is 4.44. The Morgan fingerprint density at radius 3 is 2.53 bits per heavy atom. The fourth-order valence-electron chi connectivity index (χ4n) is 5.48. The molecule has 5 heteroatoms. The molecule has 186 valence electrons. The van der Waals surface area contributed by atoms with Gasteiger partial charge in [-0.25, -0.2) is 0 Å².